The lowest BCUT2D eigenvalue weighted by Gasteiger charge is -2.09. The van der Waals surface area contributed by atoms with Crippen LogP contribution in [0.4, 0.5) is 5.69 Å². The van der Waals surface area contributed by atoms with Crippen molar-refractivity contribution < 1.29 is 4.74 Å². The van der Waals surface area contributed by atoms with Gasteiger partial charge in [-0.15, -0.1) is 0 Å². The second-order valence-corrected chi connectivity index (χ2v) is 4.84. The first-order chi connectivity index (χ1) is 8.66. The Morgan fingerprint density at radius 2 is 2.11 bits per heavy atom. The Balaban J connectivity index is 2.08. The molecule has 0 atom stereocenters. The summed E-state index contributed by atoms with van der Waals surface area (Å²) in [6, 6.07) is 5.58. The minimum absolute atomic E-state index is 0.642. The van der Waals surface area contributed by atoms with Crippen LogP contribution in [0, 0.1) is 5.92 Å². The molecule has 96 valence electrons. The number of anilines is 1. The Kier molecular flexibility index (Phi) is 3.97. The lowest BCUT2D eigenvalue weighted by molar-refractivity contribution is 0.290. The van der Waals surface area contributed by atoms with Crippen LogP contribution in [0.2, 0.25) is 0 Å². The molecule has 4 nitrogen and oxygen atoms in total. The van der Waals surface area contributed by atoms with Crippen molar-refractivity contribution in [2.75, 3.05) is 12.3 Å². The highest BCUT2D eigenvalue weighted by Gasteiger charge is 2.05. The number of hydrogen-bond acceptors (Lipinski definition) is 4. The van der Waals surface area contributed by atoms with Gasteiger partial charge in [-0.3, -0.25) is 0 Å². The van der Waals surface area contributed by atoms with E-state index in [4.69, 9.17) is 10.5 Å². The first kappa shape index (κ1) is 12.6. The average Bonchev–Trinajstić information content (AvgIpc) is 2.34. The molecule has 0 unspecified atom stereocenters. The van der Waals surface area contributed by atoms with Gasteiger partial charge in [0.1, 0.15) is 6.33 Å². The van der Waals surface area contributed by atoms with E-state index < -0.39 is 0 Å². The summed E-state index contributed by atoms with van der Waals surface area (Å²) >= 11 is 0. The molecule has 0 saturated carbocycles. The molecule has 0 fully saturated rings. The molecule has 1 heterocycles. The summed E-state index contributed by atoms with van der Waals surface area (Å²) in [7, 11) is 0. The largest absolute Gasteiger partial charge is 0.477 e. The number of aromatic nitrogens is 2. The molecule has 1 aromatic heterocycles. The number of fused-ring (bicyclic) bond motifs is 1. The van der Waals surface area contributed by atoms with Crippen LogP contribution in [-0.2, 0) is 0 Å². The fourth-order valence-electron chi connectivity index (χ4n) is 1.82. The fourth-order valence-corrected chi connectivity index (χ4v) is 1.82. The Hall–Kier alpha value is -1.84. The van der Waals surface area contributed by atoms with Gasteiger partial charge in [0.05, 0.1) is 17.5 Å². The zero-order valence-corrected chi connectivity index (χ0v) is 10.9. The SMILES string of the molecule is CC(C)CCCOc1ncnc2cc(N)ccc12. The van der Waals surface area contributed by atoms with Crippen LogP contribution in [0.25, 0.3) is 10.9 Å². The molecular formula is C14H19N3O. The van der Waals surface area contributed by atoms with Crippen LogP contribution in [0.3, 0.4) is 0 Å². The van der Waals surface area contributed by atoms with Gasteiger partial charge in [-0.1, -0.05) is 13.8 Å². The van der Waals surface area contributed by atoms with Gasteiger partial charge >= 0.3 is 0 Å². The molecule has 0 spiro atoms. The minimum atomic E-state index is 0.642. The highest BCUT2D eigenvalue weighted by Crippen LogP contribution is 2.23. The molecule has 0 saturated heterocycles. The molecule has 1 aromatic carbocycles. The predicted molar refractivity (Wildman–Crippen MR) is 73.5 cm³/mol. The molecule has 0 amide bonds. The number of nitrogens with zero attached hydrogens (tertiary/aromatic N) is 2. The number of ether oxygens (including phenoxy) is 1. The smallest absolute Gasteiger partial charge is 0.224 e. The van der Waals surface area contributed by atoms with Gasteiger partial charge in [0, 0.05) is 5.69 Å². The van der Waals surface area contributed by atoms with E-state index in [1.807, 2.05) is 18.2 Å². The van der Waals surface area contributed by atoms with Gasteiger partial charge < -0.3 is 10.5 Å². The summed E-state index contributed by atoms with van der Waals surface area (Å²) in [5.41, 5.74) is 7.25. The molecular weight excluding hydrogens is 226 g/mol. The second-order valence-electron chi connectivity index (χ2n) is 4.84. The third kappa shape index (κ3) is 3.09. The van der Waals surface area contributed by atoms with E-state index in [2.05, 4.69) is 23.8 Å². The highest BCUT2D eigenvalue weighted by molar-refractivity contribution is 5.85. The van der Waals surface area contributed by atoms with Gasteiger partial charge in [0.25, 0.3) is 0 Å². The summed E-state index contributed by atoms with van der Waals surface area (Å²) in [5, 5.41) is 0.913. The Morgan fingerprint density at radius 3 is 2.89 bits per heavy atom. The van der Waals surface area contributed by atoms with Gasteiger partial charge in [0.15, 0.2) is 0 Å². The van der Waals surface area contributed by atoms with Crippen LogP contribution < -0.4 is 10.5 Å². The molecule has 4 heteroatoms. The molecule has 2 aromatic rings. The van der Waals surface area contributed by atoms with E-state index >= 15 is 0 Å². The van der Waals surface area contributed by atoms with Crippen molar-refractivity contribution in [3.05, 3.63) is 24.5 Å². The topological polar surface area (TPSA) is 61.0 Å². The second kappa shape index (κ2) is 5.67. The zero-order valence-electron chi connectivity index (χ0n) is 10.9. The van der Waals surface area contributed by atoms with E-state index in [-0.39, 0.29) is 0 Å². The summed E-state index contributed by atoms with van der Waals surface area (Å²) in [5.74, 6) is 1.35. The molecule has 0 bridgehead atoms. The van der Waals surface area contributed by atoms with E-state index in [9.17, 15) is 0 Å². The van der Waals surface area contributed by atoms with E-state index in [0.717, 1.165) is 23.7 Å². The van der Waals surface area contributed by atoms with Gasteiger partial charge in [-0.2, -0.15) is 0 Å². The standard InChI is InChI=1S/C14H19N3O/c1-10(2)4-3-7-18-14-12-6-5-11(15)8-13(12)16-9-17-14/h5-6,8-10H,3-4,7,15H2,1-2H3. The third-order valence-corrected chi connectivity index (χ3v) is 2.79. The van der Waals surface area contributed by atoms with Gasteiger partial charge in [0.2, 0.25) is 5.88 Å². The Labute approximate surface area is 107 Å². The van der Waals surface area contributed by atoms with Crippen LogP contribution in [0.5, 0.6) is 5.88 Å². The van der Waals surface area contributed by atoms with E-state index in [1.165, 1.54) is 6.33 Å². The van der Waals surface area contributed by atoms with E-state index in [0.29, 0.717) is 24.1 Å². The third-order valence-electron chi connectivity index (χ3n) is 2.79. The average molecular weight is 245 g/mol. The number of benzene rings is 1. The van der Waals surface area contributed by atoms with Crippen molar-refractivity contribution >= 4 is 16.6 Å². The molecule has 18 heavy (non-hydrogen) atoms. The minimum Gasteiger partial charge on any atom is -0.477 e. The highest BCUT2D eigenvalue weighted by atomic mass is 16.5. The summed E-state index contributed by atoms with van der Waals surface area (Å²) < 4.78 is 5.72. The summed E-state index contributed by atoms with van der Waals surface area (Å²) in [4.78, 5) is 8.37. The van der Waals surface area contributed by atoms with Crippen LogP contribution in [0.15, 0.2) is 24.5 Å². The van der Waals surface area contributed by atoms with Crippen molar-refractivity contribution in [2.45, 2.75) is 26.7 Å². The Morgan fingerprint density at radius 1 is 1.28 bits per heavy atom. The van der Waals surface area contributed by atoms with Crippen LogP contribution in [0.1, 0.15) is 26.7 Å². The van der Waals surface area contributed by atoms with Gasteiger partial charge in [-0.05, 0) is 37.0 Å². The van der Waals surface area contributed by atoms with Crippen molar-refractivity contribution in [3.8, 4) is 5.88 Å². The Bertz CT molecular complexity index is 525. The molecule has 2 rings (SSSR count). The quantitative estimate of drug-likeness (QED) is 0.649. The maximum absolute atomic E-state index is 5.73. The van der Waals surface area contributed by atoms with Gasteiger partial charge in [-0.25, -0.2) is 9.97 Å². The molecule has 0 radical (unpaired) electrons. The summed E-state index contributed by atoms with van der Waals surface area (Å²) in [6.45, 7) is 5.11. The van der Waals surface area contributed by atoms with Crippen molar-refractivity contribution in [1.82, 2.24) is 9.97 Å². The maximum Gasteiger partial charge on any atom is 0.224 e. The normalized spacial score (nSPS) is 11.1. The zero-order chi connectivity index (χ0) is 13.0. The predicted octanol–water partition coefficient (Wildman–Crippen LogP) is 3.03. The fraction of sp³-hybridized carbons (Fsp3) is 0.429. The van der Waals surface area contributed by atoms with Crippen molar-refractivity contribution in [2.24, 2.45) is 5.92 Å². The lowest BCUT2D eigenvalue weighted by atomic mass is 10.1. The maximum atomic E-state index is 5.73. The summed E-state index contributed by atoms with van der Waals surface area (Å²) in [6.07, 6.45) is 3.72. The van der Waals surface area contributed by atoms with Crippen LogP contribution in [-0.4, -0.2) is 16.6 Å². The van der Waals surface area contributed by atoms with Crippen molar-refractivity contribution in [1.29, 1.82) is 0 Å². The van der Waals surface area contributed by atoms with Crippen molar-refractivity contribution in [3.63, 3.8) is 0 Å². The van der Waals surface area contributed by atoms with E-state index in [1.54, 1.807) is 0 Å². The molecule has 0 aliphatic rings. The monoisotopic (exact) mass is 245 g/mol. The number of rotatable bonds is 5. The molecule has 0 aliphatic carbocycles. The molecule has 2 N–H and O–H groups in total. The lowest BCUT2D eigenvalue weighted by Crippen LogP contribution is -2.02. The van der Waals surface area contributed by atoms with Crippen LogP contribution >= 0.6 is 0 Å². The first-order valence-corrected chi connectivity index (χ1v) is 6.30. The number of nitrogen functional groups attached to an aromatic ring is 1. The molecule has 0 aliphatic heterocycles. The number of nitrogens with two attached hydrogens (primary N) is 1. The number of hydrogen-bond donors (Lipinski definition) is 1. The first-order valence-electron chi connectivity index (χ1n) is 6.30.